The predicted molar refractivity (Wildman–Crippen MR) is 87.8 cm³/mol. The van der Waals surface area contributed by atoms with Crippen molar-refractivity contribution < 1.29 is 4.74 Å². The fourth-order valence-corrected chi connectivity index (χ4v) is 2.28. The lowest BCUT2D eigenvalue weighted by Crippen LogP contribution is -2.08. The van der Waals surface area contributed by atoms with Crippen LogP contribution in [0.15, 0.2) is 48.5 Å². The van der Waals surface area contributed by atoms with E-state index in [2.05, 4.69) is 15.3 Å². The van der Waals surface area contributed by atoms with E-state index in [1.165, 1.54) is 0 Å². The Bertz CT molecular complexity index is 771. The van der Waals surface area contributed by atoms with Crippen LogP contribution in [0.5, 0.6) is 5.75 Å². The molecule has 112 valence electrons. The molecule has 0 atom stereocenters. The number of para-hydroxylation sites is 1. The lowest BCUT2D eigenvalue weighted by molar-refractivity contribution is 0.414. The van der Waals surface area contributed by atoms with Gasteiger partial charge in [0.05, 0.1) is 19.2 Å². The fourth-order valence-electron chi connectivity index (χ4n) is 2.28. The summed E-state index contributed by atoms with van der Waals surface area (Å²) < 4.78 is 5.16. The first-order valence-corrected chi connectivity index (χ1v) is 7.12. The highest BCUT2D eigenvalue weighted by Gasteiger charge is 2.06. The highest BCUT2D eigenvalue weighted by atomic mass is 16.5. The molecule has 1 heterocycles. The van der Waals surface area contributed by atoms with Crippen LogP contribution in [0, 0.1) is 0 Å². The number of rotatable bonds is 5. The molecule has 22 heavy (non-hydrogen) atoms. The van der Waals surface area contributed by atoms with Gasteiger partial charge < -0.3 is 15.8 Å². The molecule has 0 fully saturated rings. The van der Waals surface area contributed by atoms with Gasteiger partial charge in [-0.3, -0.25) is 0 Å². The second-order valence-corrected chi connectivity index (χ2v) is 4.91. The van der Waals surface area contributed by atoms with Gasteiger partial charge in [0.15, 0.2) is 0 Å². The molecule has 0 aliphatic carbocycles. The standard InChI is InChI=1S/C17H18N4O/c1-22-13-8-6-12(7-9-13)11-19-17-14-4-2-3-5-15(14)20-16(10-18)21-17/h2-9H,10-11,18H2,1H3,(H,19,20,21). The van der Waals surface area contributed by atoms with Gasteiger partial charge in [-0.25, -0.2) is 9.97 Å². The van der Waals surface area contributed by atoms with E-state index >= 15 is 0 Å². The van der Waals surface area contributed by atoms with Crippen molar-refractivity contribution >= 4 is 16.7 Å². The lowest BCUT2D eigenvalue weighted by atomic mass is 10.2. The summed E-state index contributed by atoms with van der Waals surface area (Å²) in [5.74, 6) is 2.29. The first-order valence-electron chi connectivity index (χ1n) is 7.12. The zero-order chi connectivity index (χ0) is 15.4. The molecule has 0 unspecified atom stereocenters. The molecule has 5 nitrogen and oxygen atoms in total. The van der Waals surface area contributed by atoms with Crippen LogP contribution in [-0.4, -0.2) is 17.1 Å². The van der Waals surface area contributed by atoms with Crippen LogP contribution in [-0.2, 0) is 13.1 Å². The molecule has 0 radical (unpaired) electrons. The van der Waals surface area contributed by atoms with Crippen molar-refractivity contribution in [2.75, 3.05) is 12.4 Å². The summed E-state index contributed by atoms with van der Waals surface area (Å²) >= 11 is 0. The number of nitrogens with one attached hydrogen (secondary N) is 1. The highest BCUT2D eigenvalue weighted by Crippen LogP contribution is 2.21. The minimum absolute atomic E-state index is 0.321. The minimum atomic E-state index is 0.321. The Kier molecular flexibility index (Phi) is 4.16. The van der Waals surface area contributed by atoms with Gasteiger partial charge in [0.25, 0.3) is 0 Å². The summed E-state index contributed by atoms with van der Waals surface area (Å²) in [5.41, 5.74) is 7.73. The number of aromatic nitrogens is 2. The number of methoxy groups -OCH3 is 1. The smallest absolute Gasteiger partial charge is 0.144 e. The first-order chi connectivity index (χ1) is 10.8. The van der Waals surface area contributed by atoms with Crippen molar-refractivity contribution in [3.05, 3.63) is 59.9 Å². The summed E-state index contributed by atoms with van der Waals surface area (Å²) in [6, 6.07) is 15.9. The first kappa shape index (κ1) is 14.3. The van der Waals surface area contributed by atoms with Gasteiger partial charge in [-0.05, 0) is 29.8 Å². The summed E-state index contributed by atoms with van der Waals surface area (Å²) in [5, 5.41) is 4.36. The zero-order valence-electron chi connectivity index (χ0n) is 12.4. The van der Waals surface area contributed by atoms with Crippen molar-refractivity contribution in [2.24, 2.45) is 5.73 Å². The Morgan fingerprint density at radius 1 is 1.05 bits per heavy atom. The number of hydrogen-bond acceptors (Lipinski definition) is 5. The second-order valence-electron chi connectivity index (χ2n) is 4.91. The summed E-state index contributed by atoms with van der Waals surface area (Å²) in [6.45, 7) is 0.997. The van der Waals surface area contributed by atoms with Crippen LogP contribution in [0.25, 0.3) is 10.9 Å². The number of anilines is 1. The molecule has 0 amide bonds. The van der Waals surface area contributed by atoms with Gasteiger partial charge in [0.1, 0.15) is 17.4 Å². The molecule has 2 aromatic carbocycles. The average molecular weight is 294 g/mol. The zero-order valence-corrected chi connectivity index (χ0v) is 12.4. The van der Waals surface area contributed by atoms with Crippen molar-refractivity contribution in [2.45, 2.75) is 13.1 Å². The summed E-state index contributed by atoms with van der Waals surface area (Å²) in [7, 11) is 1.66. The van der Waals surface area contributed by atoms with E-state index in [1.54, 1.807) is 7.11 Å². The molecule has 0 spiro atoms. The van der Waals surface area contributed by atoms with Crippen LogP contribution in [0.2, 0.25) is 0 Å². The van der Waals surface area contributed by atoms with E-state index in [1.807, 2.05) is 48.5 Å². The summed E-state index contributed by atoms with van der Waals surface area (Å²) in [6.07, 6.45) is 0. The largest absolute Gasteiger partial charge is 0.497 e. The van der Waals surface area contributed by atoms with Crippen molar-refractivity contribution in [1.29, 1.82) is 0 Å². The molecule has 0 bridgehead atoms. The quantitative estimate of drug-likeness (QED) is 0.757. The second kappa shape index (κ2) is 6.41. The highest BCUT2D eigenvalue weighted by molar-refractivity contribution is 5.88. The van der Waals surface area contributed by atoms with E-state index in [-0.39, 0.29) is 0 Å². The number of nitrogens with two attached hydrogens (primary N) is 1. The SMILES string of the molecule is COc1ccc(CNc2nc(CN)nc3ccccc23)cc1. The van der Waals surface area contributed by atoms with E-state index in [0.29, 0.717) is 18.9 Å². The molecule has 3 rings (SSSR count). The predicted octanol–water partition coefficient (Wildman–Crippen LogP) is 2.71. The number of nitrogens with zero attached hydrogens (tertiary/aromatic N) is 2. The molecule has 3 N–H and O–H groups in total. The molecule has 5 heteroatoms. The maximum atomic E-state index is 5.68. The van der Waals surface area contributed by atoms with E-state index in [4.69, 9.17) is 10.5 Å². The number of ether oxygens (including phenoxy) is 1. The van der Waals surface area contributed by atoms with E-state index in [9.17, 15) is 0 Å². The Balaban J connectivity index is 1.86. The monoisotopic (exact) mass is 294 g/mol. The fraction of sp³-hybridized carbons (Fsp3) is 0.176. The third-order valence-electron chi connectivity index (χ3n) is 3.45. The number of fused-ring (bicyclic) bond motifs is 1. The van der Waals surface area contributed by atoms with Crippen molar-refractivity contribution in [3.8, 4) is 5.75 Å². The topological polar surface area (TPSA) is 73.1 Å². The van der Waals surface area contributed by atoms with Gasteiger partial charge in [-0.15, -0.1) is 0 Å². The number of benzene rings is 2. The van der Waals surface area contributed by atoms with Crippen LogP contribution < -0.4 is 15.8 Å². The molecule has 0 aliphatic rings. The third kappa shape index (κ3) is 2.99. The van der Waals surface area contributed by atoms with Gasteiger partial charge >= 0.3 is 0 Å². The molecule has 0 saturated heterocycles. The maximum absolute atomic E-state index is 5.68. The van der Waals surface area contributed by atoms with Crippen molar-refractivity contribution in [1.82, 2.24) is 9.97 Å². The molecule has 0 aliphatic heterocycles. The molecular formula is C17H18N4O. The van der Waals surface area contributed by atoms with E-state index < -0.39 is 0 Å². The lowest BCUT2D eigenvalue weighted by Gasteiger charge is -2.10. The molecule has 0 saturated carbocycles. The van der Waals surface area contributed by atoms with Gasteiger partial charge in [-0.2, -0.15) is 0 Å². The Labute approximate surface area is 129 Å². The third-order valence-corrected chi connectivity index (χ3v) is 3.45. The van der Waals surface area contributed by atoms with E-state index in [0.717, 1.165) is 28.0 Å². The van der Waals surface area contributed by atoms with Crippen LogP contribution >= 0.6 is 0 Å². The van der Waals surface area contributed by atoms with Gasteiger partial charge in [-0.1, -0.05) is 24.3 Å². The maximum Gasteiger partial charge on any atom is 0.144 e. The summed E-state index contributed by atoms with van der Waals surface area (Å²) in [4.78, 5) is 8.94. The Morgan fingerprint density at radius 3 is 2.55 bits per heavy atom. The Morgan fingerprint density at radius 2 is 1.82 bits per heavy atom. The average Bonchev–Trinajstić information content (AvgIpc) is 2.59. The molecule has 1 aromatic heterocycles. The normalized spacial score (nSPS) is 10.6. The Hall–Kier alpha value is -2.66. The van der Waals surface area contributed by atoms with Crippen LogP contribution in [0.4, 0.5) is 5.82 Å². The number of hydrogen-bond donors (Lipinski definition) is 2. The van der Waals surface area contributed by atoms with Gasteiger partial charge in [0.2, 0.25) is 0 Å². The van der Waals surface area contributed by atoms with Crippen molar-refractivity contribution in [3.63, 3.8) is 0 Å². The van der Waals surface area contributed by atoms with Crippen LogP contribution in [0.1, 0.15) is 11.4 Å². The molecule has 3 aromatic rings. The minimum Gasteiger partial charge on any atom is -0.497 e. The van der Waals surface area contributed by atoms with Gasteiger partial charge in [0, 0.05) is 11.9 Å². The van der Waals surface area contributed by atoms with Crippen LogP contribution in [0.3, 0.4) is 0 Å². The molecular weight excluding hydrogens is 276 g/mol.